The van der Waals surface area contributed by atoms with Crippen molar-refractivity contribution < 1.29 is 9.13 Å². The smallest absolute Gasteiger partial charge is 0.128 e. The Hall–Kier alpha value is -0.490. The van der Waals surface area contributed by atoms with Crippen LogP contribution in [0.5, 0.6) is 0 Å². The maximum Gasteiger partial charge on any atom is 0.128 e. The van der Waals surface area contributed by atoms with Crippen LogP contribution in [0, 0.1) is 5.82 Å². The fraction of sp³-hybridized carbons (Fsp3) is 0.571. The average Bonchev–Trinajstić information content (AvgIpc) is 2.42. The lowest BCUT2D eigenvalue weighted by Gasteiger charge is -2.26. The lowest BCUT2D eigenvalue weighted by Crippen LogP contribution is -2.37. The van der Waals surface area contributed by atoms with Gasteiger partial charge in [-0.15, -0.1) is 0 Å². The van der Waals surface area contributed by atoms with Crippen molar-refractivity contribution >= 4 is 15.9 Å². The Morgan fingerprint density at radius 3 is 2.84 bits per heavy atom. The monoisotopic (exact) mass is 330 g/mol. The van der Waals surface area contributed by atoms with Crippen LogP contribution in [0.4, 0.5) is 4.39 Å². The van der Waals surface area contributed by atoms with Crippen molar-refractivity contribution in [3.05, 3.63) is 34.1 Å². The zero-order chi connectivity index (χ0) is 13.5. The van der Waals surface area contributed by atoms with Crippen LogP contribution >= 0.6 is 15.9 Å². The van der Waals surface area contributed by atoms with Crippen LogP contribution in [0.25, 0.3) is 0 Å². The second-order valence-electron chi connectivity index (χ2n) is 4.68. The summed E-state index contributed by atoms with van der Waals surface area (Å²) in [7, 11) is 0. The molecule has 0 aliphatic carbocycles. The number of hydrogen-bond acceptors (Lipinski definition) is 3. The number of hydrogen-bond donors (Lipinski definition) is 1. The molecule has 1 aromatic carbocycles. The molecule has 0 radical (unpaired) electrons. The molecule has 2 rings (SSSR count). The first-order valence-electron chi connectivity index (χ1n) is 6.71. The van der Waals surface area contributed by atoms with Gasteiger partial charge in [-0.25, -0.2) is 4.39 Å². The summed E-state index contributed by atoms with van der Waals surface area (Å²) >= 11 is 3.38. The Balaban J connectivity index is 1.63. The predicted octanol–water partition coefficient (Wildman–Crippen LogP) is 2.40. The third kappa shape index (κ3) is 4.84. The zero-order valence-electron chi connectivity index (χ0n) is 11.0. The Kier molecular flexibility index (Phi) is 6.23. The molecular weight excluding hydrogens is 311 g/mol. The molecule has 0 unspecified atom stereocenters. The van der Waals surface area contributed by atoms with Crippen LogP contribution in [-0.2, 0) is 11.3 Å². The molecule has 0 spiro atoms. The van der Waals surface area contributed by atoms with Crippen molar-refractivity contribution in [3.8, 4) is 0 Å². The van der Waals surface area contributed by atoms with E-state index in [1.807, 2.05) is 6.07 Å². The normalized spacial score (nSPS) is 16.7. The van der Waals surface area contributed by atoms with Gasteiger partial charge in [0.05, 0.1) is 13.2 Å². The van der Waals surface area contributed by atoms with E-state index in [2.05, 4.69) is 26.1 Å². The summed E-state index contributed by atoms with van der Waals surface area (Å²) in [5.74, 6) is -0.157. The van der Waals surface area contributed by atoms with E-state index < -0.39 is 0 Å². The maximum atomic E-state index is 13.6. The topological polar surface area (TPSA) is 24.5 Å². The minimum atomic E-state index is -0.157. The van der Waals surface area contributed by atoms with Gasteiger partial charge in [0.15, 0.2) is 0 Å². The van der Waals surface area contributed by atoms with Gasteiger partial charge in [0.1, 0.15) is 5.82 Å². The highest BCUT2D eigenvalue weighted by Gasteiger charge is 2.09. The molecule has 1 fully saturated rings. The molecule has 1 aromatic rings. The minimum absolute atomic E-state index is 0.157. The molecule has 0 bridgehead atoms. The van der Waals surface area contributed by atoms with Crippen LogP contribution in [0.1, 0.15) is 12.0 Å². The van der Waals surface area contributed by atoms with Crippen LogP contribution in [0.15, 0.2) is 22.7 Å². The first-order valence-corrected chi connectivity index (χ1v) is 7.50. The highest BCUT2D eigenvalue weighted by Crippen LogP contribution is 2.19. The molecule has 106 valence electrons. The Morgan fingerprint density at radius 2 is 2.11 bits per heavy atom. The second-order valence-corrected chi connectivity index (χ2v) is 5.54. The molecule has 1 heterocycles. The van der Waals surface area contributed by atoms with E-state index in [-0.39, 0.29) is 5.82 Å². The van der Waals surface area contributed by atoms with Crippen molar-refractivity contribution in [1.82, 2.24) is 10.2 Å². The summed E-state index contributed by atoms with van der Waals surface area (Å²) in [5, 5.41) is 3.30. The number of benzene rings is 1. The summed E-state index contributed by atoms with van der Waals surface area (Å²) in [6, 6.07) is 5.07. The summed E-state index contributed by atoms with van der Waals surface area (Å²) < 4.78 is 19.7. The number of nitrogens with one attached hydrogen (secondary N) is 1. The molecule has 0 saturated carbocycles. The molecule has 5 heteroatoms. The SMILES string of the molecule is Fc1cccc(Br)c1CNCCCN1CCOCC1. The van der Waals surface area contributed by atoms with Crippen LogP contribution in [0.3, 0.4) is 0 Å². The largest absolute Gasteiger partial charge is 0.379 e. The quantitative estimate of drug-likeness (QED) is 0.810. The molecule has 1 saturated heterocycles. The van der Waals surface area contributed by atoms with Gasteiger partial charge in [0.2, 0.25) is 0 Å². The third-order valence-corrected chi connectivity index (χ3v) is 4.04. The molecule has 0 atom stereocenters. The van der Waals surface area contributed by atoms with Crippen molar-refractivity contribution in [3.63, 3.8) is 0 Å². The second kappa shape index (κ2) is 7.94. The third-order valence-electron chi connectivity index (χ3n) is 3.30. The van der Waals surface area contributed by atoms with E-state index in [9.17, 15) is 4.39 Å². The van der Waals surface area contributed by atoms with Crippen LogP contribution in [-0.4, -0.2) is 44.3 Å². The highest BCUT2D eigenvalue weighted by atomic mass is 79.9. The van der Waals surface area contributed by atoms with Crippen molar-refractivity contribution in [2.45, 2.75) is 13.0 Å². The van der Waals surface area contributed by atoms with E-state index in [0.717, 1.165) is 50.3 Å². The van der Waals surface area contributed by atoms with Gasteiger partial charge in [0, 0.05) is 29.7 Å². The van der Waals surface area contributed by atoms with E-state index in [0.29, 0.717) is 12.1 Å². The summed E-state index contributed by atoms with van der Waals surface area (Å²) in [5.41, 5.74) is 0.703. The molecule has 19 heavy (non-hydrogen) atoms. The van der Waals surface area contributed by atoms with E-state index >= 15 is 0 Å². The Bertz CT molecular complexity index is 377. The average molecular weight is 331 g/mol. The predicted molar refractivity (Wildman–Crippen MR) is 77.7 cm³/mol. The minimum Gasteiger partial charge on any atom is -0.379 e. The number of rotatable bonds is 6. The molecule has 3 nitrogen and oxygen atoms in total. The maximum absolute atomic E-state index is 13.6. The summed E-state index contributed by atoms with van der Waals surface area (Å²) in [4.78, 5) is 2.41. The fourth-order valence-electron chi connectivity index (χ4n) is 2.17. The molecule has 1 aliphatic rings. The Labute approximate surface area is 122 Å². The fourth-order valence-corrected chi connectivity index (χ4v) is 2.65. The van der Waals surface area contributed by atoms with Gasteiger partial charge in [-0.3, -0.25) is 4.90 Å². The van der Waals surface area contributed by atoms with Crippen molar-refractivity contribution in [2.75, 3.05) is 39.4 Å². The van der Waals surface area contributed by atoms with Crippen LogP contribution < -0.4 is 5.32 Å². The van der Waals surface area contributed by atoms with Crippen molar-refractivity contribution in [2.24, 2.45) is 0 Å². The summed E-state index contributed by atoms with van der Waals surface area (Å²) in [6.45, 7) is 6.28. The highest BCUT2D eigenvalue weighted by molar-refractivity contribution is 9.10. The van der Waals surface area contributed by atoms with Gasteiger partial charge in [-0.1, -0.05) is 22.0 Å². The van der Waals surface area contributed by atoms with Crippen LogP contribution in [0.2, 0.25) is 0 Å². The van der Waals surface area contributed by atoms with Gasteiger partial charge in [0.25, 0.3) is 0 Å². The number of morpholine rings is 1. The molecule has 1 N–H and O–H groups in total. The molecule has 0 aromatic heterocycles. The van der Waals surface area contributed by atoms with E-state index in [1.165, 1.54) is 6.07 Å². The van der Waals surface area contributed by atoms with Gasteiger partial charge < -0.3 is 10.1 Å². The number of ether oxygens (including phenoxy) is 1. The van der Waals surface area contributed by atoms with E-state index in [1.54, 1.807) is 6.07 Å². The molecular formula is C14H20BrFN2O. The van der Waals surface area contributed by atoms with Crippen molar-refractivity contribution in [1.29, 1.82) is 0 Å². The first-order chi connectivity index (χ1) is 9.27. The molecule has 0 amide bonds. The van der Waals surface area contributed by atoms with Gasteiger partial charge >= 0.3 is 0 Å². The molecule has 1 aliphatic heterocycles. The lowest BCUT2D eigenvalue weighted by atomic mass is 10.2. The van der Waals surface area contributed by atoms with Gasteiger partial charge in [-0.05, 0) is 31.6 Å². The standard InChI is InChI=1S/C14H20BrFN2O/c15-13-3-1-4-14(16)12(13)11-17-5-2-6-18-7-9-19-10-8-18/h1,3-4,17H,2,5-11H2. The Morgan fingerprint density at radius 1 is 1.32 bits per heavy atom. The lowest BCUT2D eigenvalue weighted by molar-refractivity contribution is 0.0374. The van der Waals surface area contributed by atoms with Gasteiger partial charge in [-0.2, -0.15) is 0 Å². The zero-order valence-corrected chi connectivity index (χ0v) is 12.6. The summed E-state index contributed by atoms with van der Waals surface area (Å²) in [6.07, 6.45) is 1.08. The number of halogens is 2. The first kappa shape index (κ1) is 14.9. The number of nitrogens with zero attached hydrogens (tertiary/aromatic N) is 1. The van der Waals surface area contributed by atoms with E-state index in [4.69, 9.17) is 4.74 Å².